The van der Waals surface area contributed by atoms with Gasteiger partial charge in [-0.1, -0.05) is 0 Å². The molecule has 0 atom stereocenters. The number of aromatic hydroxyl groups is 2. The van der Waals surface area contributed by atoms with E-state index in [1.165, 1.54) is 12.1 Å². The highest BCUT2D eigenvalue weighted by atomic mass is 16.6. The molecule has 23 heavy (non-hydrogen) atoms. The Morgan fingerprint density at radius 2 is 1.57 bits per heavy atom. The first-order valence-electron chi connectivity index (χ1n) is 6.90. The van der Waals surface area contributed by atoms with E-state index in [1.54, 1.807) is 20.8 Å². The Morgan fingerprint density at radius 1 is 0.913 bits per heavy atom. The normalized spacial score (nSPS) is 12.6. The number of esters is 1. The van der Waals surface area contributed by atoms with Gasteiger partial charge in [0.15, 0.2) is 23.5 Å². The molecule has 1 aliphatic rings. The molecule has 0 amide bonds. The third-order valence-electron chi connectivity index (χ3n) is 3.86. The maximum absolute atomic E-state index is 12.5. The molecule has 0 saturated carbocycles. The Morgan fingerprint density at radius 3 is 2.22 bits per heavy atom. The van der Waals surface area contributed by atoms with Crippen LogP contribution in [-0.4, -0.2) is 22.5 Å². The number of rotatable bonds is 1. The zero-order valence-electron chi connectivity index (χ0n) is 12.8. The van der Waals surface area contributed by atoms with Crippen LogP contribution in [0.5, 0.6) is 28.7 Å². The van der Waals surface area contributed by atoms with Crippen LogP contribution in [0.25, 0.3) is 0 Å². The number of hydrogen-bond donors (Lipinski definition) is 2. The molecule has 118 valence electrons. The number of aldehydes is 1. The van der Waals surface area contributed by atoms with Gasteiger partial charge in [-0.25, -0.2) is 4.79 Å². The molecule has 0 fully saturated rings. The summed E-state index contributed by atoms with van der Waals surface area (Å²) in [6.45, 7) is 4.86. The molecule has 2 N–H and O–H groups in total. The van der Waals surface area contributed by atoms with Gasteiger partial charge in [-0.15, -0.1) is 0 Å². The zero-order valence-corrected chi connectivity index (χ0v) is 12.8. The minimum absolute atomic E-state index is 0.0289. The molecule has 6 nitrogen and oxygen atoms in total. The van der Waals surface area contributed by atoms with Crippen molar-refractivity contribution in [3.05, 3.63) is 39.9 Å². The van der Waals surface area contributed by atoms with Crippen LogP contribution in [0.2, 0.25) is 0 Å². The summed E-state index contributed by atoms with van der Waals surface area (Å²) in [5.74, 6) is -0.749. The van der Waals surface area contributed by atoms with Crippen LogP contribution in [0.3, 0.4) is 0 Å². The summed E-state index contributed by atoms with van der Waals surface area (Å²) in [4.78, 5) is 23.8. The van der Waals surface area contributed by atoms with Crippen LogP contribution in [0.15, 0.2) is 12.1 Å². The van der Waals surface area contributed by atoms with Crippen LogP contribution >= 0.6 is 0 Å². The smallest absolute Gasteiger partial charge is 0.347 e. The molecule has 0 aromatic heterocycles. The van der Waals surface area contributed by atoms with Crippen LogP contribution < -0.4 is 9.47 Å². The van der Waals surface area contributed by atoms with Gasteiger partial charge in [0.1, 0.15) is 17.1 Å². The first-order valence-corrected chi connectivity index (χ1v) is 6.90. The summed E-state index contributed by atoms with van der Waals surface area (Å²) < 4.78 is 11.1. The molecule has 1 aliphatic heterocycles. The molecule has 2 aromatic carbocycles. The molecular weight excluding hydrogens is 300 g/mol. The SMILES string of the molecule is Cc1cc(O)c(C)c2c1Oc1c(C=O)c(O)cc(C)c1C(=O)O2. The number of fused-ring (bicyclic) bond motifs is 2. The molecule has 0 bridgehead atoms. The second-order valence-electron chi connectivity index (χ2n) is 5.44. The topological polar surface area (TPSA) is 93.1 Å². The fourth-order valence-electron chi connectivity index (χ4n) is 2.60. The van der Waals surface area contributed by atoms with Crippen molar-refractivity contribution in [3.8, 4) is 28.7 Å². The first kappa shape index (κ1) is 14.9. The highest BCUT2D eigenvalue weighted by molar-refractivity contribution is 6.01. The quantitative estimate of drug-likeness (QED) is 0.477. The molecule has 0 spiro atoms. The lowest BCUT2D eigenvalue weighted by molar-refractivity contribution is 0.0735. The Bertz CT molecular complexity index is 866. The van der Waals surface area contributed by atoms with E-state index >= 15 is 0 Å². The van der Waals surface area contributed by atoms with E-state index < -0.39 is 5.97 Å². The molecule has 0 radical (unpaired) electrons. The fraction of sp³-hybridized carbons (Fsp3) is 0.176. The summed E-state index contributed by atoms with van der Waals surface area (Å²) in [6.07, 6.45) is 0.425. The minimum Gasteiger partial charge on any atom is -0.508 e. The van der Waals surface area contributed by atoms with E-state index in [0.717, 1.165) is 0 Å². The number of phenolic OH excluding ortho intramolecular Hbond substituents is 2. The van der Waals surface area contributed by atoms with Crippen LogP contribution in [0, 0.1) is 20.8 Å². The van der Waals surface area contributed by atoms with E-state index in [0.29, 0.717) is 23.0 Å². The van der Waals surface area contributed by atoms with Crippen molar-refractivity contribution < 1.29 is 29.3 Å². The number of phenols is 2. The Hall–Kier alpha value is -3.02. The first-order chi connectivity index (χ1) is 10.8. The van der Waals surface area contributed by atoms with E-state index in [-0.39, 0.29) is 39.9 Å². The number of hydrogen-bond acceptors (Lipinski definition) is 6. The van der Waals surface area contributed by atoms with Crippen LogP contribution in [-0.2, 0) is 0 Å². The van der Waals surface area contributed by atoms with Gasteiger partial charge < -0.3 is 19.7 Å². The van der Waals surface area contributed by atoms with Crippen molar-refractivity contribution in [2.45, 2.75) is 20.8 Å². The van der Waals surface area contributed by atoms with Crippen molar-refractivity contribution in [2.75, 3.05) is 0 Å². The summed E-state index contributed by atoms with van der Waals surface area (Å²) in [5, 5.41) is 19.8. The molecule has 1 heterocycles. The van der Waals surface area contributed by atoms with Crippen molar-refractivity contribution in [2.24, 2.45) is 0 Å². The fourth-order valence-corrected chi connectivity index (χ4v) is 2.60. The predicted molar refractivity (Wildman–Crippen MR) is 80.8 cm³/mol. The predicted octanol–water partition coefficient (Wildman–Crippen LogP) is 3.16. The minimum atomic E-state index is -0.715. The zero-order chi connectivity index (χ0) is 16.9. The second-order valence-corrected chi connectivity index (χ2v) is 5.44. The summed E-state index contributed by atoms with van der Waals surface area (Å²) in [5.41, 5.74) is 1.24. The Kier molecular flexibility index (Phi) is 3.25. The second kappa shape index (κ2) is 5.01. The highest BCUT2D eigenvalue weighted by Crippen LogP contribution is 2.47. The van der Waals surface area contributed by atoms with Gasteiger partial charge in [0.05, 0.1) is 5.56 Å². The Balaban J connectivity index is 2.37. The lowest BCUT2D eigenvalue weighted by Gasteiger charge is -2.14. The van der Waals surface area contributed by atoms with E-state index in [9.17, 15) is 19.8 Å². The molecular formula is C17H14O6. The number of carbonyl (C=O) groups is 2. The van der Waals surface area contributed by atoms with Gasteiger partial charge in [0, 0.05) is 5.56 Å². The lowest BCUT2D eigenvalue weighted by atomic mass is 10.0. The average molecular weight is 314 g/mol. The Labute approximate surface area is 131 Å². The van der Waals surface area contributed by atoms with Crippen LogP contribution in [0.4, 0.5) is 0 Å². The van der Waals surface area contributed by atoms with E-state index in [4.69, 9.17) is 9.47 Å². The molecule has 0 saturated heterocycles. The summed E-state index contributed by atoms with van der Waals surface area (Å²) in [7, 11) is 0. The average Bonchev–Trinajstić information content (AvgIpc) is 2.62. The van der Waals surface area contributed by atoms with E-state index in [2.05, 4.69) is 0 Å². The summed E-state index contributed by atoms with van der Waals surface area (Å²) >= 11 is 0. The van der Waals surface area contributed by atoms with Gasteiger partial charge in [-0.2, -0.15) is 0 Å². The van der Waals surface area contributed by atoms with Gasteiger partial charge in [0.2, 0.25) is 0 Å². The number of benzene rings is 2. The standard InChI is InChI=1S/C17H14O6/c1-7-4-12(20)10(6-18)16-13(7)17(21)23-15-9(3)11(19)5-8(2)14(15)22-16/h4-6,19-20H,1-3H3. The third-order valence-corrected chi connectivity index (χ3v) is 3.86. The summed E-state index contributed by atoms with van der Waals surface area (Å²) in [6, 6.07) is 2.78. The molecule has 3 rings (SSSR count). The van der Waals surface area contributed by atoms with E-state index in [1.807, 2.05) is 0 Å². The number of ether oxygens (including phenoxy) is 2. The van der Waals surface area contributed by atoms with Crippen molar-refractivity contribution in [1.29, 1.82) is 0 Å². The third kappa shape index (κ3) is 2.11. The van der Waals surface area contributed by atoms with Gasteiger partial charge in [-0.05, 0) is 44.0 Å². The van der Waals surface area contributed by atoms with Crippen molar-refractivity contribution in [1.82, 2.24) is 0 Å². The highest BCUT2D eigenvalue weighted by Gasteiger charge is 2.31. The number of aryl methyl sites for hydroxylation is 2. The largest absolute Gasteiger partial charge is 0.508 e. The van der Waals surface area contributed by atoms with Gasteiger partial charge >= 0.3 is 5.97 Å². The monoisotopic (exact) mass is 314 g/mol. The molecule has 0 unspecified atom stereocenters. The molecule has 6 heteroatoms. The lowest BCUT2D eigenvalue weighted by Crippen LogP contribution is -2.10. The van der Waals surface area contributed by atoms with Gasteiger partial charge in [-0.3, -0.25) is 4.79 Å². The van der Waals surface area contributed by atoms with Crippen molar-refractivity contribution in [3.63, 3.8) is 0 Å². The molecule has 2 aromatic rings. The maximum Gasteiger partial charge on any atom is 0.347 e. The van der Waals surface area contributed by atoms with Crippen molar-refractivity contribution >= 4 is 12.3 Å². The molecule has 0 aliphatic carbocycles. The maximum atomic E-state index is 12.5. The number of carbonyl (C=O) groups excluding carboxylic acids is 2. The van der Waals surface area contributed by atoms with Gasteiger partial charge in [0.25, 0.3) is 0 Å². The van der Waals surface area contributed by atoms with Crippen LogP contribution in [0.1, 0.15) is 37.4 Å².